The van der Waals surface area contributed by atoms with E-state index in [-0.39, 0.29) is 0 Å². The minimum Gasteiger partial charge on any atom is -0.388 e. The molecule has 0 saturated carbocycles. The number of nitrogens with zero attached hydrogens (tertiary/aromatic N) is 2. The SMILES string of the molecule is Cn1ccnc1CCC(O)c1ccc(I)c(Cl)c1. The molecule has 1 N–H and O–H groups in total. The second kappa shape index (κ2) is 6.04. The first-order chi connectivity index (χ1) is 8.58. The highest BCUT2D eigenvalue weighted by Crippen LogP contribution is 2.25. The second-order valence-corrected chi connectivity index (χ2v) is 5.75. The van der Waals surface area contributed by atoms with Crippen molar-refractivity contribution >= 4 is 34.2 Å². The standard InChI is InChI=1S/C13H14ClIN2O/c1-17-7-6-16-13(17)5-4-12(18)9-2-3-11(15)10(14)8-9/h2-3,6-8,12,18H,4-5H2,1H3. The third kappa shape index (κ3) is 3.24. The highest BCUT2D eigenvalue weighted by atomic mass is 127. The van der Waals surface area contributed by atoms with E-state index in [4.69, 9.17) is 11.6 Å². The first-order valence-electron chi connectivity index (χ1n) is 5.67. The van der Waals surface area contributed by atoms with Gasteiger partial charge in [0.25, 0.3) is 0 Å². The predicted molar refractivity (Wildman–Crippen MR) is 80.7 cm³/mol. The van der Waals surface area contributed by atoms with Gasteiger partial charge in [-0.05, 0) is 46.7 Å². The Kier molecular flexibility index (Phi) is 4.64. The van der Waals surface area contributed by atoms with Crippen molar-refractivity contribution in [3.05, 3.63) is 50.6 Å². The van der Waals surface area contributed by atoms with Crippen molar-refractivity contribution in [2.24, 2.45) is 7.05 Å². The summed E-state index contributed by atoms with van der Waals surface area (Å²) in [6.45, 7) is 0. The molecule has 5 heteroatoms. The van der Waals surface area contributed by atoms with Gasteiger partial charge in [0.15, 0.2) is 0 Å². The summed E-state index contributed by atoms with van der Waals surface area (Å²) in [4.78, 5) is 4.24. The van der Waals surface area contributed by atoms with Crippen LogP contribution >= 0.6 is 34.2 Å². The molecule has 1 heterocycles. The quantitative estimate of drug-likeness (QED) is 0.831. The van der Waals surface area contributed by atoms with Crippen LogP contribution in [0.2, 0.25) is 5.02 Å². The number of aliphatic hydroxyl groups is 1. The highest BCUT2D eigenvalue weighted by Gasteiger charge is 2.11. The topological polar surface area (TPSA) is 38.0 Å². The lowest BCUT2D eigenvalue weighted by Crippen LogP contribution is -2.03. The minimum absolute atomic E-state index is 0.504. The van der Waals surface area contributed by atoms with Crippen LogP contribution in [0.3, 0.4) is 0 Å². The Hall–Kier alpha value is -0.590. The van der Waals surface area contributed by atoms with E-state index in [1.165, 1.54) is 0 Å². The van der Waals surface area contributed by atoms with Gasteiger partial charge in [-0.15, -0.1) is 0 Å². The Morgan fingerprint density at radius 1 is 1.50 bits per heavy atom. The van der Waals surface area contributed by atoms with E-state index in [9.17, 15) is 5.11 Å². The van der Waals surface area contributed by atoms with Crippen molar-refractivity contribution in [1.82, 2.24) is 9.55 Å². The van der Waals surface area contributed by atoms with E-state index in [0.29, 0.717) is 11.4 Å². The lowest BCUT2D eigenvalue weighted by Gasteiger charge is -2.11. The van der Waals surface area contributed by atoms with Crippen LogP contribution in [0.4, 0.5) is 0 Å². The molecule has 18 heavy (non-hydrogen) atoms. The summed E-state index contributed by atoms with van der Waals surface area (Å²) in [7, 11) is 1.95. The number of aromatic nitrogens is 2. The zero-order valence-corrected chi connectivity index (χ0v) is 12.9. The molecule has 1 unspecified atom stereocenters. The molecule has 2 aromatic rings. The van der Waals surface area contributed by atoms with Gasteiger partial charge in [-0.2, -0.15) is 0 Å². The summed E-state index contributed by atoms with van der Waals surface area (Å²) in [5.74, 6) is 0.977. The van der Waals surface area contributed by atoms with E-state index in [1.54, 1.807) is 6.20 Å². The van der Waals surface area contributed by atoms with Gasteiger partial charge in [0.2, 0.25) is 0 Å². The molecule has 0 aliphatic rings. The van der Waals surface area contributed by atoms with E-state index in [0.717, 1.165) is 21.4 Å². The molecule has 0 radical (unpaired) electrons. The third-order valence-electron chi connectivity index (χ3n) is 2.89. The van der Waals surface area contributed by atoms with Crippen molar-refractivity contribution in [3.8, 4) is 0 Å². The van der Waals surface area contributed by atoms with Crippen LogP contribution in [-0.2, 0) is 13.5 Å². The van der Waals surface area contributed by atoms with E-state index < -0.39 is 6.10 Å². The molecule has 96 valence electrons. The van der Waals surface area contributed by atoms with Crippen LogP contribution in [0.5, 0.6) is 0 Å². The fourth-order valence-corrected chi connectivity index (χ4v) is 2.31. The molecule has 3 nitrogen and oxygen atoms in total. The van der Waals surface area contributed by atoms with Crippen LogP contribution in [0.25, 0.3) is 0 Å². The van der Waals surface area contributed by atoms with Crippen molar-refractivity contribution in [2.45, 2.75) is 18.9 Å². The van der Waals surface area contributed by atoms with Gasteiger partial charge >= 0.3 is 0 Å². The molecule has 0 saturated heterocycles. The summed E-state index contributed by atoms with van der Waals surface area (Å²) < 4.78 is 2.96. The predicted octanol–water partition coefficient (Wildman–Crippen LogP) is 3.34. The minimum atomic E-state index is -0.504. The van der Waals surface area contributed by atoms with Gasteiger partial charge in [0, 0.05) is 29.4 Å². The molecule has 0 spiro atoms. The Bertz CT molecular complexity index is 542. The molecule has 1 aromatic carbocycles. The van der Waals surface area contributed by atoms with Crippen LogP contribution in [0.1, 0.15) is 23.9 Å². The van der Waals surface area contributed by atoms with Gasteiger partial charge < -0.3 is 9.67 Å². The zero-order valence-electron chi connectivity index (χ0n) is 9.98. The number of benzene rings is 1. The van der Waals surface area contributed by atoms with Crippen molar-refractivity contribution in [2.75, 3.05) is 0 Å². The van der Waals surface area contributed by atoms with Crippen LogP contribution < -0.4 is 0 Å². The zero-order chi connectivity index (χ0) is 13.1. The summed E-state index contributed by atoms with van der Waals surface area (Å²) >= 11 is 8.22. The van der Waals surface area contributed by atoms with E-state index in [1.807, 2.05) is 36.0 Å². The van der Waals surface area contributed by atoms with Gasteiger partial charge in [-0.25, -0.2) is 4.98 Å². The maximum Gasteiger partial charge on any atom is 0.108 e. The third-order valence-corrected chi connectivity index (χ3v) is 4.46. The maximum absolute atomic E-state index is 10.1. The van der Waals surface area contributed by atoms with Gasteiger partial charge in [0.05, 0.1) is 11.1 Å². The van der Waals surface area contributed by atoms with Gasteiger partial charge in [-0.1, -0.05) is 17.7 Å². The normalized spacial score (nSPS) is 12.7. The molecule has 0 aliphatic carbocycles. The number of aliphatic hydroxyl groups excluding tert-OH is 1. The van der Waals surface area contributed by atoms with E-state index in [2.05, 4.69) is 27.6 Å². The average Bonchev–Trinajstić information content (AvgIpc) is 2.75. The van der Waals surface area contributed by atoms with Gasteiger partial charge in [-0.3, -0.25) is 0 Å². The largest absolute Gasteiger partial charge is 0.388 e. The fraction of sp³-hybridized carbons (Fsp3) is 0.308. The van der Waals surface area contributed by atoms with Crippen LogP contribution in [0.15, 0.2) is 30.6 Å². The maximum atomic E-state index is 10.1. The number of aryl methyl sites for hydroxylation is 2. The number of halogens is 2. The number of hydrogen-bond donors (Lipinski definition) is 1. The molecular weight excluding hydrogens is 363 g/mol. The van der Waals surface area contributed by atoms with Gasteiger partial charge in [0.1, 0.15) is 5.82 Å². The molecule has 0 aliphatic heterocycles. The fourth-order valence-electron chi connectivity index (χ4n) is 1.79. The van der Waals surface area contributed by atoms with Crippen molar-refractivity contribution < 1.29 is 5.11 Å². The Morgan fingerprint density at radius 3 is 2.89 bits per heavy atom. The average molecular weight is 377 g/mol. The van der Waals surface area contributed by atoms with E-state index >= 15 is 0 Å². The lowest BCUT2D eigenvalue weighted by atomic mass is 10.0. The van der Waals surface area contributed by atoms with Crippen molar-refractivity contribution in [3.63, 3.8) is 0 Å². The molecular formula is C13H14ClIN2O. The van der Waals surface area contributed by atoms with Crippen molar-refractivity contribution in [1.29, 1.82) is 0 Å². The number of hydrogen-bond acceptors (Lipinski definition) is 2. The summed E-state index contributed by atoms with van der Waals surface area (Å²) in [6.07, 6.45) is 4.55. The van der Waals surface area contributed by atoms with Crippen LogP contribution in [0, 0.1) is 3.57 Å². The summed E-state index contributed by atoms with van der Waals surface area (Å²) in [5, 5.41) is 10.8. The highest BCUT2D eigenvalue weighted by molar-refractivity contribution is 14.1. The molecule has 1 aromatic heterocycles. The summed E-state index contributed by atoms with van der Waals surface area (Å²) in [5.41, 5.74) is 0.856. The molecule has 0 amide bonds. The molecule has 0 bridgehead atoms. The molecule has 2 rings (SSSR count). The first-order valence-corrected chi connectivity index (χ1v) is 7.13. The Labute approximate surface area is 125 Å². The molecule has 1 atom stereocenters. The lowest BCUT2D eigenvalue weighted by molar-refractivity contribution is 0.167. The molecule has 0 fully saturated rings. The smallest absolute Gasteiger partial charge is 0.108 e. The first kappa shape index (κ1) is 13.8. The Morgan fingerprint density at radius 2 is 2.28 bits per heavy atom. The number of imidazole rings is 1. The second-order valence-electron chi connectivity index (χ2n) is 4.18. The summed E-state index contributed by atoms with van der Waals surface area (Å²) in [6, 6.07) is 5.66. The monoisotopic (exact) mass is 376 g/mol. The Balaban J connectivity index is 2.01. The van der Waals surface area contributed by atoms with Crippen LogP contribution in [-0.4, -0.2) is 14.7 Å². The number of rotatable bonds is 4.